The largest absolute Gasteiger partial charge is 0.493 e. The van der Waals surface area contributed by atoms with Crippen molar-refractivity contribution in [3.63, 3.8) is 0 Å². The van der Waals surface area contributed by atoms with Crippen molar-refractivity contribution in [1.29, 1.82) is 0 Å². The lowest BCUT2D eigenvalue weighted by Crippen LogP contribution is -2.18. The number of aromatic nitrogens is 3. The van der Waals surface area contributed by atoms with E-state index in [2.05, 4.69) is 20.3 Å². The number of hydrogen-bond acceptors (Lipinski definition) is 9. The molecule has 0 fully saturated rings. The van der Waals surface area contributed by atoms with Crippen LogP contribution in [-0.2, 0) is 11.2 Å². The molecule has 0 aliphatic heterocycles. The lowest BCUT2D eigenvalue weighted by Gasteiger charge is -2.17. The van der Waals surface area contributed by atoms with E-state index in [-0.39, 0.29) is 22.2 Å². The molecule has 0 saturated heterocycles. The first-order valence-electron chi connectivity index (χ1n) is 12.6. The maximum absolute atomic E-state index is 13.1. The first kappa shape index (κ1) is 27.8. The topological polar surface area (TPSA) is 125 Å². The zero-order valence-electron chi connectivity index (χ0n) is 22.9. The van der Waals surface area contributed by atoms with Gasteiger partial charge in [-0.15, -0.1) is 0 Å². The number of anilines is 1. The Morgan fingerprint density at radius 2 is 1.59 bits per heavy atom. The van der Waals surface area contributed by atoms with E-state index < -0.39 is 0 Å². The molecule has 0 saturated carbocycles. The van der Waals surface area contributed by atoms with Gasteiger partial charge in [-0.3, -0.25) is 14.6 Å². The molecule has 210 valence electrons. The second kappa shape index (κ2) is 12.2. The van der Waals surface area contributed by atoms with E-state index in [0.717, 1.165) is 33.8 Å². The summed E-state index contributed by atoms with van der Waals surface area (Å²) in [6, 6.07) is 16.5. The molecular weight excluding hydrogens is 544 g/mol. The first-order chi connectivity index (χ1) is 19.9. The minimum atomic E-state index is -0.345. The van der Waals surface area contributed by atoms with Crippen LogP contribution in [0.3, 0.4) is 0 Å². The van der Waals surface area contributed by atoms with Gasteiger partial charge in [0.25, 0.3) is 5.56 Å². The first-order valence-corrected chi connectivity index (χ1v) is 13.6. The number of ether oxygens (including phenoxy) is 4. The number of hydrogen-bond donors (Lipinski definition) is 2. The van der Waals surface area contributed by atoms with E-state index in [1.165, 1.54) is 7.11 Å². The molecule has 0 spiro atoms. The van der Waals surface area contributed by atoms with Gasteiger partial charge >= 0.3 is 0 Å². The average molecular weight is 573 g/mol. The van der Waals surface area contributed by atoms with Crippen LogP contribution < -0.4 is 29.8 Å². The van der Waals surface area contributed by atoms with Crippen LogP contribution in [0.1, 0.15) is 11.3 Å². The highest BCUT2D eigenvalue weighted by atomic mass is 32.2. The van der Waals surface area contributed by atoms with Gasteiger partial charge in [0.2, 0.25) is 5.91 Å². The molecule has 3 aromatic carbocycles. The van der Waals surface area contributed by atoms with E-state index in [1.54, 1.807) is 45.7 Å². The standard InChI is InChI=1S/C30H28N4O6S/c1-37-24-12-17-9-10-31-23(19(17)14-26(24)39-3)11-18-13-25(38-2)27(40-4)15-22(18)32-28(35)16-41-30-29(36)33-20-7-5-6-8-21(20)34-30/h5-10,12-15H,11,16H2,1-4H3,(H,32,35)(H,33,36). The number of amides is 1. The quantitative estimate of drug-likeness (QED) is 0.227. The van der Waals surface area contributed by atoms with Gasteiger partial charge in [0.05, 0.1) is 50.9 Å². The fourth-order valence-corrected chi connectivity index (χ4v) is 5.18. The molecule has 41 heavy (non-hydrogen) atoms. The summed E-state index contributed by atoms with van der Waals surface area (Å²) in [4.78, 5) is 37.4. The molecule has 5 rings (SSSR count). The predicted molar refractivity (Wildman–Crippen MR) is 159 cm³/mol. The van der Waals surface area contributed by atoms with Gasteiger partial charge in [0.1, 0.15) is 0 Å². The van der Waals surface area contributed by atoms with E-state index in [0.29, 0.717) is 46.1 Å². The SMILES string of the molecule is COc1cc(Cc2nccc3cc(OC)c(OC)cc23)c(NC(=O)CSc2nc3ccccc3[nH]c2=O)cc1OC. The normalized spacial score (nSPS) is 10.9. The number of para-hydroxylation sites is 2. The smallest absolute Gasteiger partial charge is 0.280 e. The van der Waals surface area contributed by atoms with Crippen molar-refractivity contribution in [1.82, 2.24) is 15.0 Å². The number of benzene rings is 3. The minimum Gasteiger partial charge on any atom is -0.493 e. The van der Waals surface area contributed by atoms with Gasteiger partial charge in [-0.25, -0.2) is 4.98 Å². The van der Waals surface area contributed by atoms with E-state index in [4.69, 9.17) is 18.9 Å². The molecule has 11 heteroatoms. The summed E-state index contributed by atoms with van der Waals surface area (Å²) >= 11 is 1.07. The monoisotopic (exact) mass is 572 g/mol. The Morgan fingerprint density at radius 3 is 2.34 bits per heavy atom. The number of pyridine rings is 1. The maximum Gasteiger partial charge on any atom is 0.280 e. The average Bonchev–Trinajstić information content (AvgIpc) is 2.99. The Kier molecular flexibility index (Phi) is 8.25. The van der Waals surface area contributed by atoms with Crippen LogP contribution in [0.4, 0.5) is 5.69 Å². The van der Waals surface area contributed by atoms with Crippen LogP contribution in [-0.4, -0.2) is 55.1 Å². The molecule has 2 N–H and O–H groups in total. The summed E-state index contributed by atoms with van der Waals surface area (Å²) in [6.45, 7) is 0. The highest BCUT2D eigenvalue weighted by Gasteiger charge is 2.18. The number of fused-ring (bicyclic) bond motifs is 2. The Balaban J connectivity index is 1.44. The zero-order chi connectivity index (χ0) is 28.9. The minimum absolute atomic E-state index is 0.0221. The molecule has 1 amide bonds. The van der Waals surface area contributed by atoms with Crippen molar-refractivity contribution in [2.24, 2.45) is 0 Å². The third-order valence-electron chi connectivity index (χ3n) is 6.50. The van der Waals surface area contributed by atoms with E-state index in [9.17, 15) is 9.59 Å². The number of carbonyl (C=O) groups excluding carboxylic acids is 1. The number of nitrogens with one attached hydrogen (secondary N) is 2. The van der Waals surface area contributed by atoms with Crippen molar-refractivity contribution in [2.45, 2.75) is 11.4 Å². The number of rotatable bonds is 10. The molecule has 0 aliphatic carbocycles. The van der Waals surface area contributed by atoms with Crippen molar-refractivity contribution >= 4 is 45.2 Å². The molecule has 2 heterocycles. The number of aromatic amines is 1. The van der Waals surface area contributed by atoms with Crippen LogP contribution in [0.15, 0.2) is 70.6 Å². The molecule has 2 aromatic heterocycles. The number of H-pyrrole nitrogens is 1. The summed E-state index contributed by atoms with van der Waals surface area (Å²) in [6.07, 6.45) is 2.11. The maximum atomic E-state index is 13.1. The van der Waals surface area contributed by atoms with Crippen molar-refractivity contribution < 1.29 is 23.7 Å². The number of methoxy groups -OCH3 is 4. The van der Waals surface area contributed by atoms with Crippen LogP contribution in [0, 0.1) is 0 Å². The number of carbonyl (C=O) groups is 1. The lowest BCUT2D eigenvalue weighted by molar-refractivity contribution is -0.113. The van der Waals surface area contributed by atoms with Gasteiger partial charge < -0.3 is 29.2 Å². The van der Waals surface area contributed by atoms with Gasteiger partial charge in [0.15, 0.2) is 28.0 Å². The Bertz CT molecular complexity index is 1810. The fraction of sp³-hybridized carbons (Fsp3) is 0.200. The zero-order valence-corrected chi connectivity index (χ0v) is 23.8. The summed E-state index contributed by atoms with van der Waals surface area (Å²) in [5, 5.41) is 5.00. The summed E-state index contributed by atoms with van der Waals surface area (Å²) in [7, 11) is 6.26. The molecule has 0 atom stereocenters. The van der Waals surface area contributed by atoms with E-state index >= 15 is 0 Å². The van der Waals surface area contributed by atoms with Gasteiger partial charge in [-0.05, 0) is 47.3 Å². The summed E-state index contributed by atoms with van der Waals surface area (Å²) < 4.78 is 22.0. The third-order valence-corrected chi connectivity index (χ3v) is 7.46. The molecule has 0 radical (unpaired) electrons. The second-order valence-corrected chi connectivity index (χ2v) is 9.92. The highest BCUT2D eigenvalue weighted by Crippen LogP contribution is 2.37. The van der Waals surface area contributed by atoms with Crippen LogP contribution in [0.2, 0.25) is 0 Å². The van der Waals surface area contributed by atoms with Crippen molar-refractivity contribution in [2.75, 3.05) is 39.5 Å². The molecule has 0 aliphatic rings. The summed E-state index contributed by atoms with van der Waals surface area (Å²) in [5.74, 6) is 1.85. The van der Waals surface area contributed by atoms with Crippen LogP contribution in [0.25, 0.3) is 21.8 Å². The third kappa shape index (κ3) is 5.90. The Hall–Kier alpha value is -4.77. The van der Waals surface area contributed by atoms with Gasteiger partial charge in [-0.2, -0.15) is 0 Å². The fourth-order valence-electron chi connectivity index (χ4n) is 4.50. The van der Waals surface area contributed by atoms with Crippen LogP contribution >= 0.6 is 11.8 Å². The second-order valence-electron chi connectivity index (χ2n) is 8.95. The molecular formula is C30H28N4O6S. The van der Waals surface area contributed by atoms with E-state index in [1.807, 2.05) is 36.4 Å². The Morgan fingerprint density at radius 1 is 0.902 bits per heavy atom. The highest BCUT2D eigenvalue weighted by molar-refractivity contribution is 7.99. The molecule has 10 nitrogen and oxygen atoms in total. The van der Waals surface area contributed by atoms with Crippen LogP contribution in [0.5, 0.6) is 23.0 Å². The Labute approximate surface area is 240 Å². The molecule has 0 bridgehead atoms. The van der Waals surface area contributed by atoms with Gasteiger partial charge in [0, 0.05) is 29.8 Å². The number of nitrogens with zero attached hydrogens (tertiary/aromatic N) is 2. The lowest BCUT2D eigenvalue weighted by atomic mass is 10.0. The molecule has 5 aromatic rings. The predicted octanol–water partition coefficient (Wildman–Crippen LogP) is 4.83. The molecule has 0 unspecified atom stereocenters. The van der Waals surface area contributed by atoms with Gasteiger partial charge in [-0.1, -0.05) is 23.9 Å². The number of thioether (sulfide) groups is 1. The summed E-state index contributed by atoms with van der Waals surface area (Å²) in [5.41, 5.74) is 3.01. The van der Waals surface area contributed by atoms with Crippen molar-refractivity contribution in [3.8, 4) is 23.0 Å². The van der Waals surface area contributed by atoms with Crippen molar-refractivity contribution in [3.05, 3.63) is 82.4 Å².